The Balaban J connectivity index is 2.73. The largest absolute Gasteiger partial charge is 0.369 e. The zero-order valence-electron chi connectivity index (χ0n) is 7.89. The van der Waals surface area contributed by atoms with Gasteiger partial charge >= 0.3 is 0 Å². The lowest BCUT2D eigenvalue weighted by Gasteiger charge is -2.37. The van der Waals surface area contributed by atoms with Gasteiger partial charge in [-0.2, -0.15) is 0 Å². The fraction of sp³-hybridized carbons (Fsp3) is 0.889. The number of nitrogens with zero attached hydrogens (tertiary/aromatic N) is 1. The van der Waals surface area contributed by atoms with Crippen LogP contribution in [-0.2, 0) is 0 Å². The summed E-state index contributed by atoms with van der Waals surface area (Å²) in [6.07, 6.45) is 1.85. The third kappa shape index (κ3) is 1.26. The fourth-order valence-corrected chi connectivity index (χ4v) is 1.77. The van der Waals surface area contributed by atoms with Crippen molar-refractivity contribution in [3.8, 4) is 0 Å². The van der Waals surface area contributed by atoms with E-state index in [0.717, 1.165) is 6.54 Å². The predicted octanol–water partition coefficient (Wildman–Crippen LogP) is 1.67. The summed E-state index contributed by atoms with van der Waals surface area (Å²) >= 11 is 0. The maximum Gasteiger partial charge on any atom is 0.0830 e. The van der Waals surface area contributed by atoms with Crippen LogP contribution < -0.4 is 5.32 Å². The van der Waals surface area contributed by atoms with Gasteiger partial charge in [0.25, 0.3) is 0 Å². The van der Waals surface area contributed by atoms with Gasteiger partial charge in [0, 0.05) is 0 Å². The Morgan fingerprint density at radius 2 is 1.82 bits per heavy atom. The summed E-state index contributed by atoms with van der Waals surface area (Å²) in [5.41, 5.74) is 0.222. The van der Waals surface area contributed by atoms with Crippen LogP contribution in [0.1, 0.15) is 27.7 Å². The van der Waals surface area contributed by atoms with Crippen LogP contribution in [0.15, 0.2) is 4.99 Å². The molecule has 2 heteroatoms. The maximum absolute atomic E-state index is 4.24. The molecule has 11 heavy (non-hydrogen) atoms. The van der Waals surface area contributed by atoms with Gasteiger partial charge in [-0.15, -0.1) is 0 Å². The summed E-state index contributed by atoms with van der Waals surface area (Å²) < 4.78 is 0. The van der Waals surface area contributed by atoms with E-state index in [1.54, 1.807) is 0 Å². The van der Waals surface area contributed by atoms with Crippen molar-refractivity contribution in [1.29, 1.82) is 0 Å². The van der Waals surface area contributed by atoms with Crippen molar-refractivity contribution in [2.45, 2.75) is 33.2 Å². The second-order valence-corrected chi connectivity index (χ2v) is 3.96. The Labute approximate surface area is 69.1 Å². The molecule has 2 nitrogen and oxygen atoms in total. The number of hydrogen-bond acceptors (Lipinski definition) is 2. The van der Waals surface area contributed by atoms with Crippen molar-refractivity contribution in [3.05, 3.63) is 0 Å². The van der Waals surface area contributed by atoms with Gasteiger partial charge in [0.2, 0.25) is 0 Å². The van der Waals surface area contributed by atoms with Gasteiger partial charge in [0.15, 0.2) is 0 Å². The number of rotatable bonds is 2. The topological polar surface area (TPSA) is 24.4 Å². The summed E-state index contributed by atoms with van der Waals surface area (Å²) in [5, 5.41) is 3.38. The van der Waals surface area contributed by atoms with Crippen molar-refractivity contribution < 1.29 is 0 Å². The van der Waals surface area contributed by atoms with E-state index < -0.39 is 0 Å². The van der Waals surface area contributed by atoms with Gasteiger partial charge in [-0.1, -0.05) is 27.7 Å². The van der Waals surface area contributed by atoms with E-state index in [9.17, 15) is 0 Å². The Morgan fingerprint density at radius 1 is 1.27 bits per heavy atom. The number of hydrogen-bond donors (Lipinski definition) is 1. The van der Waals surface area contributed by atoms with Gasteiger partial charge < -0.3 is 5.32 Å². The number of aliphatic imine (C=N–C) groups is 1. The minimum atomic E-state index is 0.222. The summed E-state index contributed by atoms with van der Waals surface area (Å²) in [6, 6.07) is 0. The molecule has 0 aliphatic carbocycles. The molecule has 0 atom stereocenters. The van der Waals surface area contributed by atoms with Crippen LogP contribution in [0.3, 0.4) is 0 Å². The molecule has 0 saturated heterocycles. The smallest absolute Gasteiger partial charge is 0.0830 e. The molecule has 1 aliphatic rings. The van der Waals surface area contributed by atoms with E-state index in [4.69, 9.17) is 0 Å². The Kier molecular flexibility index (Phi) is 2.21. The van der Waals surface area contributed by atoms with Crippen molar-refractivity contribution in [3.63, 3.8) is 0 Å². The van der Waals surface area contributed by atoms with Crippen LogP contribution in [0.25, 0.3) is 0 Å². The average molecular weight is 154 g/mol. The minimum absolute atomic E-state index is 0.222. The number of nitrogens with one attached hydrogen (secondary N) is 1. The molecule has 0 aromatic heterocycles. The van der Waals surface area contributed by atoms with Gasteiger partial charge in [-0.3, -0.25) is 4.99 Å². The lowest BCUT2D eigenvalue weighted by molar-refractivity contribution is 0.218. The SMILES string of the molecule is CC(C)C1(C(C)C)CN=CN1. The highest BCUT2D eigenvalue weighted by Crippen LogP contribution is 2.28. The van der Waals surface area contributed by atoms with E-state index in [0.29, 0.717) is 11.8 Å². The summed E-state index contributed by atoms with van der Waals surface area (Å²) in [6.45, 7) is 9.94. The maximum atomic E-state index is 4.24. The van der Waals surface area contributed by atoms with Crippen LogP contribution in [0.4, 0.5) is 0 Å². The summed E-state index contributed by atoms with van der Waals surface area (Å²) in [5.74, 6) is 1.29. The zero-order chi connectivity index (χ0) is 8.48. The van der Waals surface area contributed by atoms with E-state index >= 15 is 0 Å². The van der Waals surface area contributed by atoms with Gasteiger partial charge in [0.05, 0.1) is 18.4 Å². The first kappa shape index (κ1) is 8.57. The second-order valence-electron chi connectivity index (χ2n) is 3.96. The first-order valence-corrected chi connectivity index (χ1v) is 4.35. The van der Waals surface area contributed by atoms with Crippen molar-refractivity contribution in [2.75, 3.05) is 6.54 Å². The zero-order valence-corrected chi connectivity index (χ0v) is 7.89. The molecule has 0 spiro atoms. The van der Waals surface area contributed by atoms with Crippen LogP contribution in [0.2, 0.25) is 0 Å². The fourth-order valence-electron chi connectivity index (χ4n) is 1.77. The molecule has 1 heterocycles. The van der Waals surface area contributed by atoms with Crippen LogP contribution in [-0.4, -0.2) is 18.4 Å². The molecular weight excluding hydrogens is 136 g/mol. The van der Waals surface area contributed by atoms with Crippen molar-refractivity contribution in [2.24, 2.45) is 16.8 Å². The molecule has 1 N–H and O–H groups in total. The quantitative estimate of drug-likeness (QED) is 0.643. The van der Waals surface area contributed by atoms with E-state index in [2.05, 4.69) is 38.0 Å². The summed E-state index contributed by atoms with van der Waals surface area (Å²) in [4.78, 5) is 4.24. The minimum Gasteiger partial charge on any atom is -0.369 e. The molecule has 0 saturated carbocycles. The van der Waals surface area contributed by atoms with Gasteiger partial charge in [-0.25, -0.2) is 0 Å². The second kappa shape index (κ2) is 2.84. The first-order valence-electron chi connectivity index (χ1n) is 4.35. The average Bonchev–Trinajstić information content (AvgIpc) is 2.34. The highest BCUT2D eigenvalue weighted by atomic mass is 15.1. The van der Waals surface area contributed by atoms with Crippen molar-refractivity contribution in [1.82, 2.24) is 5.32 Å². The van der Waals surface area contributed by atoms with Crippen LogP contribution in [0.5, 0.6) is 0 Å². The van der Waals surface area contributed by atoms with Gasteiger partial charge in [-0.05, 0) is 11.8 Å². The molecule has 1 aliphatic heterocycles. The van der Waals surface area contributed by atoms with Crippen molar-refractivity contribution >= 4 is 6.34 Å². The highest BCUT2D eigenvalue weighted by molar-refractivity contribution is 5.59. The summed E-state index contributed by atoms with van der Waals surface area (Å²) in [7, 11) is 0. The monoisotopic (exact) mass is 154 g/mol. The molecule has 0 fully saturated rings. The Morgan fingerprint density at radius 3 is 2.00 bits per heavy atom. The molecule has 0 radical (unpaired) electrons. The molecule has 0 aromatic rings. The third-order valence-corrected chi connectivity index (χ3v) is 2.84. The van der Waals surface area contributed by atoms with Gasteiger partial charge in [0.1, 0.15) is 0 Å². The molecule has 1 rings (SSSR count). The van der Waals surface area contributed by atoms with E-state index in [-0.39, 0.29) is 5.54 Å². The predicted molar refractivity (Wildman–Crippen MR) is 48.9 cm³/mol. The van der Waals surface area contributed by atoms with Crippen LogP contribution >= 0.6 is 0 Å². The first-order chi connectivity index (χ1) is 5.09. The Hall–Kier alpha value is -0.530. The lowest BCUT2D eigenvalue weighted by Crippen LogP contribution is -2.52. The lowest BCUT2D eigenvalue weighted by atomic mass is 9.78. The highest BCUT2D eigenvalue weighted by Gasteiger charge is 2.38. The molecule has 0 aromatic carbocycles. The third-order valence-electron chi connectivity index (χ3n) is 2.84. The molecule has 0 unspecified atom stereocenters. The normalized spacial score (nSPS) is 21.3. The molecule has 64 valence electrons. The molecule has 0 bridgehead atoms. The standard InChI is InChI=1S/C9H18N2/c1-7(2)9(8(3)4)5-10-6-11-9/h6-8H,5H2,1-4H3,(H,10,11). The van der Waals surface area contributed by atoms with E-state index in [1.165, 1.54) is 0 Å². The van der Waals surface area contributed by atoms with Crippen LogP contribution in [0, 0.1) is 11.8 Å². The molecular formula is C9H18N2. The van der Waals surface area contributed by atoms with E-state index in [1.807, 2.05) is 6.34 Å². The molecule has 0 amide bonds. The Bertz CT molecular complexity index is 141.